The fourth-order valence-corrected chi connectivity index (χ4v) is 2.43. The molecule has 0 saturated carbocycles. The molecule has 4 unspecified atom stereocenters. The van der Waals surface area contributed by atoms with Crippen LogP contribution in [0.3, 0.4) is 0 Å². The van der Waals surface area contributed by atoms with Crippen molar-refractivity contribution >= 4 is 5.78 Å². The highest BCUT2D eigenvalue weighted by atomic mass is 16.1. The van der Waals surface area contributed by atoms with E-state index in [1.54, 1.807) is 0 Å². The Labute approximate surface area is 87.7 Å². The molecule has 1 rings (SSSR count). The fourth-order valence-electron chi connectivity index (χ4n) is 2.43. The summed E-state index contributed by atoms with van der Waals surface area (Å²) in [4.78, 5) is 14.0. The highest BCUT2D eigenvalue weighted by molar-refractivity contribution is 5.83. The van der Waals surface area contributed by atoms with E-state index in [9.17, 15) is 4.79 Å². The number of likely N-dealkylation sites (tertiary alicyclic amines) is 1. The summed E-state index contributed by atoms with van der Waals surface area (Å²) >= 11 is 0. The van der Waals surface area contributed by atoms with Crippen molar-refractivity contribution in [1.29, 1.82) is 0 Å². The molecular weight excluding hydrogens is 174 g/mol. The van der Waals surface area contributed by atoms with Gasteiger partial charge in [-0.2, -0.15) is 0 Å². The first kappa shape index (κ1) is 11.7. The van der Waals surface area contributed by atoms with Gasteiger partial charge in [-0.25, -0.2) is 0 Å². The molecule has 0 bridgehead atoms. The molecule has 82 valence electrons. The van der Waals surface area contributed by atoms with E-state index in [-0.39, 0.29) is 6.04 Å². The van der Waals surface area contributed by atoms with Gasteiger partial charge in [0.25, 0.3) is 0 Å². The summed E-state index contributed by atoms with van der Waals surface area (Å²) in [6.45, 7) is 11.9. The molecule has 1 saturated heterocycles. The lowest BCUT2D eigenvalue weighted by molar-refractivity contribution is -0.123. The lowest BCUT2D eigenvalue weighted by Gasteiger charge is -2.28. The summed E-state index contributed by atoms with van der Waals surface area (Å²) in [5, 5.41) is 0. The topological polar surface area (TPSA) is 20.3 Å². The molecule has 0 amide bonds. The quantitative estimate of drug-likeness (QED) is 0.692. The second-order valence-corrected chi connectivity index (χ2v) is 4.77. The van der Waals surface area contributed by atoms with E-state index in [1.807, 2.05) is 13.8 Å². The van der Waals surface area contributed by atoms with Gasteiger partial charge in [0.15, 0.2) is 0 Å². The zero-order valence-corrected chi connectivity index (χ0v) is 10.1. The summed E-state index contributed by atoms with van der Waals surface area (Å²) in [6, 6.07) is 0.665. The minimum absolute atomic E-state index is 0.113. The number of carbonyl (C=O) groups excluding carboxylic acids is 1. The number of carbonyl (C=O) groups is 1. The molecule has 0 N–H and O–H groups in total. The Morgan fingerprint density at radius 3 is 2.36 bits per heavy atom. The highest BCUT2D eigenvalue weighted by Crippen LogP contribution is 2.30. The fraction of sp³-hybridized carbons (Fsp3) is 0.917. The second kappa shape index (κ2) is 4.43. The average molecular weight is 197 g/mol. The highest BCUT2D eigenvalue weighted by Gasteiger charge is 2.37. The van der Waals surface area contributed by atoms with Crippen LogP contribution in [0.5, 0.6) is 0 Å². The minimum atomic E-state index is 0.113. The van der Waals surface area contributed by atoms with Crippen molar-refractivity contribution in [1.82, 2.24) is 4.90 Å². The van der Waals surface area contributed by atoms with Crippen molar-refractivity contribution in [3.05, 3.63) is 0 Å². The van der Waals surface area contributed by atoms with E-state index in [1.165, 1.54) is 0 Å². The van der Waals surface area contributed by atoms with Crippen LogP contribution in [0.25, 0.3) is 0 Å². The molecule has 2 heteroatoms. The third kappa shape index (κ3) is 2.00. The Bertz CT molecular complexity index is 214. The summed E-state index contributed by atoms with van der Waals surface area (Å²) in [6.07, 6.45) is 0.660. The lowest BCUT2D eigenvalue weighted by Crippen LogP contribution is -2.41. The predicted molar refractivity (Wildman–Crippen MR) is 59.3 cm³/mol. The Morgan fingerprint density at radius 1 is 1.43 bits per heavy atom. The smallest absolute Gasteiger partial charge is 0.149 e. The van der Waals surface area contributed by atoms with Gasteiger partial charge in [-0.05, 0) is 25.7 Å². The maximum absolute atomic E-state index is 11.6. The van der Waals surface area contributed by atoms with Crippen molar-refractivity contribution in [3.8, 4) is 0 Å². The van der Waals surface area contributed by atoms with E-state index < -0.39 is 0 Å². The Kier molecular flexibility index (Phi) is 3.71. The SMILES string of the molecule is CCC(=O)C(C)N1CC(C)C(C)C1C. The van der Waals surface area contributed by atoms with Gasteiger partial charge in [0.2, 0.25) is 0 Å². The largest absolute Gasteiger partial charge is 0.298 e. The van der Waals surface area contributed by atoms with E-state index in [0.717, 1.165) is 12.5 Å². The Balaban J connectivity index is 2.66. The monoisotopic (exact) mass is 197 g/mol. The number of Topliss-reactive ketones (excluding diaryl/α,β-unsaturated/α-hetero) is 1. The lowest BCUT2D eigenvalue weighted by atomic mass is 9.95. The molecule has 2 nitrogen and oxygen atoms in total. The van der Waals surface area contributed by atoms with Crippen molar-refractivity contribution < 1.29 is 4.79 Å². The molecule has 0 radical (unpaired) electrons. The third-order valence-electron chi connectivity index (χ3n) is 3.99. The molecule has 1 aliphatic rings. The number of nitrogens with zero attached hydrogens (tertiary/aromatic N) is 1. The molecule has 1 fully saturated rings. The molecule has 4 atom stereocenters. The van der Waals surface area contributed by atoms with E-state index in [0.29, 0.717) is 24.2 Å². The zero-order chi connectivity index (χ0) is 10.9. The van der Waals surface area contributed by atoms with E-state index >= 15 is 0 Å². The van der Waals surface area contributed by atoms with E-state index in [4.69, 9.17) is 0 Å². The van der Waals surface area contributed by atoms with Gasteiger partial charge in [-0.15, -0.1) is 0 Å². The summed E-state index contributed by atoms with van der Waals surface area (Å²) < 4.78 is 0. The molecule has 0 aromatic rings. The first-order chi connectivity index (χ1) is 6.49. The van der Waals surface area contributed by atoms with Gasteiger partial charge in [-0.1, -0.05) is 20.8 Å². The van der Waals surface area contributed by atoms with Crippen LogP contribution in [-0.2, 0) is 4.79 Å². The number of ketones is 1. The first-order valence-corrected chi connectivity index (χ1v) is 5.77. The molecule has 0 aliphatic carbocycles. The van der Waals surface area contributed by atoms with Crippen molar-refractivity contribution in [2.24, 2.45) is 11.8 Å². The molecule has 0 aromatic heterocycles. The number of hydrogen-bond acceptors (Lipinski definition) is 2. The van der Waals surface area contributed by atoms with Gasteiger partial charge in [-0.3, -0.25) is 9.69 Å². The zero-order valence-electron chi connectivity index (χ0n) is 10.1. The molecule has 0 spiro atoms. The van der Waals surface area contributed by atoms with Crippen LogP contribution in [-0.4, -0.2) is 29.3 Å². The predicted octanol–water partition coefficient (Wildman–Crippen LogP) is 2.33. The first-order valence-electron chi connectivity index (χ1n) is 5.77. The van der Waals surface area contributed by atoms with Gasteiger partial charge in [0, 0.05) is 19.0 Å². The Morgan fingerprint density at radius 2 is 2.00 bits per heavy atom. The van der Waals surface area contributed by atoms with Crippen LogP contribution in [0.4, 0.5) is 0 Å². The maximum atomic E-state index is 11.6. The second-order valence-electron chi connectivity index (χ2n) is 4.77. The standard InChI is InChI=1S/C12H23NO/c1-6-12(14)11(5)13-7-8(2)9(3)10(13)4/h8-11H,6-7H2,1-5H3. The van der Waals surface area contributed by atoms with Crippen molar-refractivity contribution in [2.45, 2.75) is 53.1 Å². The third-order valence-corrected chi connectivity index (χ3v) is 3.99. The van der Waals surface area contributed by atoms with Crippen LogP contribution in [0, 0.1) is 11.8 Å². The van der Waals surface area contributed by atoms with Crippen LogP contribution in [0.2, 0.25) is 0 Å². The van der Waals surface area contributed by atoms with Gasteiger partial charge in [0.1, 0.15) is 5.78 Å². The summed E-state index contributed by atoms with van der Waals surface area (Å²) in [5.74, 6) is 1.80. The van der Waals surface area contributed by atoms with Gasteiger partial charge < -0.3 is 0 Å². The maximum Gasteiger partial charge on any atom is 0.149 e. The minimum Gasteiger partial charge on any atom is -0.298 e. The average Bonchev–Trinajstić information content (AvgIpc) is 2.43. The van der Waals surface area contributed by atoms with Crippen LogP contribution in [0.1, 0.15) is 41.0 Å². The van der Waals surface area contributed by atoms with Gasteiger partial charge in [0.05, 0.1) is 6.04 Å². The van der Waals surface area contributed by atoms with Crippen LogP contribution >= 0.6 is 0 Å². The number of hydrogen-bond donors (Lipinski definition) is 0. The molecule has 1 heterocycles. The van der Waals surface area contributed by atoms with Crippen LogP contribution < -0.4 is 0 Å². The van der Waals surface area contributed by atoms with Crippen molar-refractivity contribution in [3.63, 3.8) is 0 Å². The van der Waals surface area contributed by atoms with Crippen molar-refractivity contribution in [2.75, 3.05) is 6.54 Å². The summed E-state index contributed by atoms with van der Waals surface area (Å²) in [7, 11) is 0. The molecule has 0 aromatic carbocycles. The summed E-state index contributed by atoms with van der Waals surface area (Å²) in [5.41, 5.74) is 0. The normalized spacial score (nSPS) is 35.9. The Hall–Kier alpha value is -0.370. The number of rotatable bonds is 3. The molecule has 1 aliphatic heterocycles. The van der Waals surface area contributed by atoms with Gasteiger partial charge >= 0.3 is 0 Å². The van der Waals surface area contributed by atoms with Crippen LogP contribution in [0.15, 0.2) is 0 Å². The molecule has 14 heavy (non-hydrogen) atoms. The van der Waals surface area contributed by atoms with E-state index in [2.05, 4.69) is 25.7 Å². The molecular formula is C12H23NO.